The van der Waals surface area contributed by atoms with Crippen LogP contribution in [0.3, 0.4) is 0 Å². The molecule has 8 nitrogen and oxygen atoms in total. The number of nitrogens with zero attached hydrogens (tertiary/aromatic N) is 6. The molecular weight excluding hydrogens is 578 g/mol. The van der Waals surface area contributed by atoms with Crippen molar-refractivity contribution in [1.29, 1.82) is 0 Å². The van der Waals surface area contributed by atoms with Crippen LogP contribution in [-0.4, -0.2) is 69.3 Å². The predicted octanol–water partition coefficient (Wildman–Crippen LogP) is 3.52. The molecule has 2 saturated heterocycles. The summed E-state index contributed by atoms with van der Waals surface area (Å²) in [4.78, 5) is 29.0. The average molecular weight is 604 g/mol. The molecule has 0 bridgehead atoms. The second-order valence-corrected chi connectivity index (χ2v) is 8.44. The van der Waals surface area contributed by atoms with Crippen molar-refractivity contribution in [2.45, 2.75) is 37.8 Å². The van der Waals surface area contributed by atoms with E-state index in [0.29, 0.717) is 23.5 Å². The van der Waals surface area contributed by atoms with Crippen molar-refractivity contribution in [3.05, 3.63) is 59.7 Å². The maximum absolute atomic E-state index is 4.50. The number of H-pyrrole nitrogens is 2. The number of nitrogens with one attached hydrogen (secondary N) is 2. The first-order valence-corrected chi connectivity index (χ1v) is 11.0. The van der Waals surface area contributed by atoms with Gasteiger partial charge in [0, 0.05) is 65.4 Å². The summed E-state index contributed by atoms with van der Waals surface area (Å²) in [6, 6.07) is 10.3. The van der Waals surface area contributed by atoms with Crippen molar-refractivity contribution in [3.8, 4) is 0 Å². The van der Waals surface area contributed by atoms with E-state index < -0.39 is 0 Å². The van der Waals surface area contributed by atoms with Crippen molar-refractivity contribution in [2.75, 3.05) is 27.2 Å². The zero-order chi connectivity index (χ0) is 21.9. The van der Waals surface area contributed by atoms with Crippen molar-refractivity contribution < 1.29 is 65.4 Å². The van der Waals surface area contributed by atoms with E-state index in [1.807, 2.05) is 0 Å². The Balaban J connectivity index is 0.00000162. The van der Waals surface area contributed by atoms with Crippen LogP contribution in [0.15, 0.2) is 34.5 Å². The van der Waals surface area contributed by atoms with Crippen LogP contribution < -0.4 is 0 Å². The van der Waals surface area contributed by atoms with E-state index in [1.54, 1.807) is 24.5 Å². The maximum Gasteiger partial charge on any atom is 0.109 e. The minimum Gasteiger partial charge on any atom is -0.434 e. The molecule has 172 valence electrons. The van der Waals surface area contributed by atoms with Gasteiger partial charge >= 0.3 is 0 Å². The van der Waals surface area contributed by atoms with Gasteiger partial charge in [0.2, 0.25) is 0 Å². The molecule has 3 aromatic rings. The number of aliphatic imine (C=N–C) groups is 2. The van der Waals surface area contributed by atoms with Gasteiger partial charge < -0.3 is 54.2 Å². The molecule has 4 heterocycles. The molecule has 1 aromatic carbocycles. The Hall–Kier alpha value is -0.892. The molecule has 2 aliphatic heterocycles. The first kappa shape index (κ1) is 27.7. The van der Waals surface area contributed by atoms with Gasteiger partial charge in [0.1, 0.15) is 11.6 Å². The molecule has 5 rings (SSSR count). The number of hydrogen-bond donors (Lipinski definition) is 2. The van der Waals surface area contributed by atoms with E-state index in [9.17, 15) is 0 Å². The molecule has 0 saturated carbocycles. The van der Waals surface area contributed by atoms with Gasteiger partial charge in [0.25, 0.3) is 0 Å². The zero-order valence-electron chi connectivity index (χ0n) is 19.5. The maximum atomic E-state index is 4.50. The summed E-state index contributed by atoms with van der Waals surface area (Å²) >= 11 is 0. The molecule has 0 aliphatic carbocycles. The minimum absolute atomic E-state index is 0. The molecule has 2 fully saturated rings. The summed E-state index contributed by atoms with van der Waals surface area (Å²) in [6.07, 6.45) is 14.2. The Kier molecular flexibility index (Phi) is 10.5. The third kappa shape index (κ3) is 6.65. The molecule has 2 radical (unpaired) electrons. The first-order valence-electron chi connectivity index (χ1n) is 11.0. The summed E-state index contributed by atoms with van der Waals surface area (Å²) in [6.45, 7) is 2.21. The number of rotatable bonds is 6. The molecule has 0 spiro atoms. The van der Waals surface area contributed by atoms with Crippen LogP contribution in [0.1, 0.15) is 60.8 Å². The number of likely N-dealkylation sites (tertiary alicyclic amines) is 2. The summed E-state index contributed by atoms with van der Waals surface area (Å²) in [5, 5.41) is 0. The second-order valence-electron chi connectivity index (χ2n) is 8.44. The fourth-order valence-corrected chi connectivity index (χ4v) is 4.40. The normalized spacial score (nSPS) is 21.4. The minimum atomic E-state index is 0. The SMILES string of the molecule is CN1CCC[C@H]1c1ncc([C-]=Nc2[c-]c[c-]c(N=[C-]c3cnc([C@@H]4CCCN4C)[nH]3)c2)[nH]1.[Y].[Y]. The van der Waals surface area contributed by atoms with E-state index in [4.69, 9.17) is 0 Å². The van der Waals surface area contributed by atoms with E-state index in [-0.39, 0.29) is 65.4 Å². The smallest absolute Gasteiger partial charge is 0.109 e. The van der Waals surface area contributed by atoms with Gasteiger partial charge in [0.15, 0.2) is 0 Å². The van der Waals surface area contributed by atoms with Crippen molar-refractivity contribution in [2.24, 2.45) is 9.98 Å². The fourth-order valence-electron chi connectivity index (χ4n) is 4.40. The molecule has 0 amide bonds. The van der Waals surface area contributed by atoms with Crippen molar-refractivity contribution in [1.82, 2.24) is 29.7 Å². The first-order chi connectivity index (χ1) is 15.7. The number of hydrogen-bond acceptors (Lipinski definition) is 6. The largest absolute Gasteiger partial charge is 0.434 e. The predicted molar refractivity (Wildman–Crippen MR) is 123 cm³/mol. The van der Waals surface area contributed by atoms with Crippen LogP contribution in [0.5, 0.6) is 0 Å². The molecule has 34 heavy (non-hydrogen) atoms. The molecule has 2 aromatic heterocycles. The Bertz CT molecular complexity index is 1040. The third-order valence-corrected chi connectivity index (χ3v) is 6.17. The van der Waals surface area contributed by atoms with Gasteiger partial charge in [-0.15, -0.1) is 0 Å². The molecule has 0 unspecified atom stereocenters. The third-order valence-electron chi connectivity index (χ3n) is 6.17. The van der Waals surface area contributed by atoms with Gasteiger partial charge in [0.05, 0.1) is 12.1 Å². The number of benzene rings is 1. The Morgan fingerprint density at radius 3 is 1.74 bits per heavy atom. The van der Waals surface area contributed by atoms with Gasteiger partial charge in [-0.05, 0) is 76.6 Å². The fraction of sp³-hybridized carbons (Fsp3) is 0.417. The zero-order valence-corrected chi connectivity index (χ0v) is 25.2. The van der Waals surface area contributed by atoms with Crippen LogP contribution in [0, 0.1) is 12.1 Å². The van der Waals surface area contributed by atoms with E-state index in [0.717, 1.165) is 49.0 Å². The monoisotopic (exact) mass is 604 g/mol. The van der Waals surface area contributed by atoms with Crippen LogP contribution >= 0.6 is 0 Å². The van der Waals surface area contributed by atoms with Gasteiger partial charge in [-0.1, -0.05) is 12.4 Å². The van der Waals surface area contributed by atoms with Crippen LogP contribution in [0.4, 0.5) is 11.4 Å². The standard InChI is InChI=1S/C24H26N8.2Y/c1-31-10-4-8-21(31)23-27-15-19(29-23)13-25-17-6-3-7-18(12-17)26-14-20-16-28-24(30-20)22-9-5-11-32(22)2;;/h3,12,15-16,21-22H,4-5,8-11H2,1-2H3,(H,27,29)(H,28,30);;/q-4;;/t21-,22-;;/m0../s1. The summed E-state index contributed by atoms with van der Waals surface area (Å²) in [7, 11) is 4.26. The van der Waals surface area contributed by atoms with E-state index in [1.165, 1.54) is 12.8 Å². The summed E-state index contributed by atoms with van der Waals surface area (Å²) in [5.41, 5.74) is 2.74. The molecule has 10 heteroatoms. The molecule has 2 aliphatic rings. The van der Waals surface area contributed by atoms with Gasteiger partial charge in [-0.25, -0.2) is 0 Å². The van der Waals surface area contributed by atoms with Crippen LogP contribution in [0.25, 0.3) is 0 Å². The Labute approximate surface area is 251 Å². The van der Waals surface area contributed by atoms with E-state index in [2.05, 4.69) is 78.4 Å². The van der Waals surface area contributed by atoms with Gasteiger partial charge in [-0.3, -0.25) is 21.2 Å². The van der Waals surface area contributed by atoms with E-state index >= 15 is 0 Å². The topological polar surface area (TPSA) is 88.6 Å². The Morgan fingerprint density at radius 2 is 1.32 bits per heavy atom. The second kappa shape index (κ2) is 12.9. The molecule has 2 N–H and O–H groups in total. The molecule has 2 atom stereocenters. The van der Waals surface area contributed by atoms with Crippen molar-refractivity contribution in [3.63, 3.8) is 0 Å². The number of aromatic amines is 2. The number of imidazole rings is 2. The van der Waals surface area contributed by atoms with Gasteiger partial charge in [-0.2, -0.15) is 0 Å². The quantitative estimate of drug-likeness (QED) is 0.333. The molecular formula is C24H26N8Y2-4. The number of aromatic nitrogens is 4. The summed E-state index contributed by atoms with van der Waals surface area (Å²) < 4.78 is 0. The van der Waals surface area contributed by atoms with Crippen LogP contribution in [0.2, 0.25) is 0 Å². The average Bonchev–Trinajstić information content (AvgIpc) is 3.59. The summed E-state index contributed by atoms with van der Waals surface area (Å²) in [5.74, 6) is 1.94. The van der Waals surface area contributed by atoms with Crippen LogP contribution in [-0.2, 0) is 65.4 Å². The Morgan fingerprint density at radius 1 is 0.853 bits per heavy atom. The van der Waals surface area contributed by atoms with Crippen molar-refractivity contribution >= 4 is 23.8 Å².